The summed E-state index contributed by atoms with van der Waals surface area (Å²) in [6.07, 6.45) is -4.52. The van der Waals surface area contributed by atoms with Gasteiger partial charge in [-0.05, 0) is 30.3 Å². The Morgan fingerprint density at radius 2 is 1.84 bits per heavy atom. The number of alkyl halides is 3. The van der Waals surface area contributed by atoms with Gasteiger partial charge in [-0.3, -0.25) is 9.59 Å². The van der Waals surface area contributed by atoms with Gasteiger partial charge in [0.15, 0.2) is 0 Å². The van der Waals surface area contributed by atoms with Gasteiger partial charge >= 0.3 is 6.18 Å². The monoisotopic (exact) mass is 451 g/mol. The summed E-state index contributed by atoms with van der Waals surface area (Å²) >= 11 is 1.11. The molecule has 0 saturated carbocycles. The van der Waals surface area contributed by atoms with Crippen molar-refractivity contribution in [3.05, 3.63) is 48.0 Å². The highest BCUT2D eigenvalue weighted by atomic mass is 32.2. The van der Waals surface area contributed by atoms with Crippen LogP contribution in [-0.4, -0.2) is 53.2 Å². The second-order valence-electron chi connectivity index (χ2n) is 7.37. The quantitative estimate of drug-likeness (QED) is 0.747. The van der Waals surface area contributed by atoms with E-state index in [1.807, 2.05) is 17.0 Å². The molecule has 1 fully saturated rings. The lowest BCUT2D eigenvalue weighted by Crippen LogP contribution is -2.49. The molecule has 0 aromatic heterocycles. The number of nitrogens with one attached hydrogen (secondary N) is 1. The summed E-state index contributed by atoms with van der Waals surface area (Å²) in [7, 11) is 0. The molecule has 0 radical (unpaired) electrons. The lowest BCUT2D eigenvalue weighted by atomic mass is 10.1. The molecule has 0 unspecified atom stereocenters. The third-order valence-corrected chi connectivity index (χ3v) is 6.62. The molecule has 2 heterocycles. The fourth-order valence-corrected chi connectivity index (χ4v) is 4.76. The van der Waals surface area contributed by atoms with E-state index in [4.69, 9.17) is 0 Å². The SMILES string of the molecule is O=C1Nc2cc(C(F)(F)F)ccc2S[C@@H]1CC(=O)N1CCN(c2ccccc2O)CC1. The normalized spacial score (nSPS) is 19.1. The summed E-state index contributed by atoms with van der Waals surface area (Å²) in [6, 6.07) is 10.2. The maximum atomic E-state index is 12.9. The predicted octanol–water partition coefficient (Wildman–Crippen LogP) is 3.56. The van der Waals surface area contributed by atoms with Gasteiger partial charge in [-0.2, -0.15) is 13.2 Å². The molecule has 31 heavy (non-hydrogen) atoms. The zero-order valence-electron chi connectivity index (χ0n) is 16.4. The summed E-state index contributed by atoms with van der Waals surface area (Å²) in [5.74, 6) is -0.470. The molecular weight excluding hydrogens is 431 g/mol. The Labute approximate surface area is 181 Å². The Kier molecular flexibility index (Phi) is 5.74. The number of carbonyl (C=O) groups is 2. The van der Waals surface area contributed by atoms with Gasteiger partial charge < -0.3 is 20.2 Å². The number of fused-ring (bicyclic) bond motifs is 1. The Bertz CT molecular complexity index is 1010. The van der Waals surface area contributed by atoms with Crippen molar-refractivity contribution >= 4 is 35.0 Å². The van der Waals surface area contributed by atoms with Gasteiger partial charge in [0.2, 0.25) is 11.8 Å². The summed E-state index contributed by atoms with van der Waals surface area (Å²) in [5, 5.41) is 11.8. The predicted molar refractivity (Wildman–Crippen MR) is 111 cm³/mol. The lowest BCUT2D eigenvalue weighted by molar-refractivity contribution is -0.137. The average Bonchev–Trinajstić information content (AvgIpc) is 2.74. The number of benzene rings is 2. The Hall–Kier alpha value is -2.88. The van der Waals surface area contributed by atoms with E-state index in [1.165, 1.54) is 6.07 Å². The molecule has 2 aromatic carbocycles. The van der Waals surface area contributed by atoms with Crippen LogP contribution in [0.1, 0.15) is 12.0 Å². The summed E-state index contributed by atoms with van der Waals surface area (Å²) in [4.78, 5) is 29.3. The summed E-state index contributed by atoms with van der Waals surface area (Å²) in [5.41, 5.74) is 0.000420. The molecule has 2 aromatic rings. The average molecular weight is 451 g/mol. The van der Waals surface area contributed by atoms with E-state index in [0.29, 0.717) is 36.8 Å². The number of thioether (sulfide) groups is 1. The van der Waals surface area contributed by atoms with Crippen LogP contribution < -0.4 is 10.2 Å². The molecule has 2 aliphatic rings. The molecule has 2 amide bonds. The number of piperazine rings is 1. The number of rotatable bonds is 3. The van der Waals surface area contributed by atoms with E-state index in [-0.39, 0.29) is 23.8 Å². The Morgan fingerprint density at radius 3 is 2.52 bits per heavy atom. The number of phenolic OH excluding ortho intramolecular Hbond substituents is 1. The van der Waals surface area contributed by atoms with Crippen molar-refractivity contribution in [1.82, 2.24) is 4.90 Å². The zero-order valence-corrected chi connectivity index (χ0v) is 17.2. The molecule has 0 bridgehead atoms. The van der Waals surface area contributed by atoms with Crippen molar-refractivity contribution in [2.75, 3.05) is 36.4 Å². The van der Waals surface area contributed by atoms with Gasteiger partial charge in [0.05, 0.1) is 22.2 Å². The minimum atomic E-state index is -4.49. The van der Waals surface area contributed by atoms with Crippen LogP contribution >= 0.6 is 11.8 Å². The van der Waals surface area contributed by atoms with Crippen LogP contribution in [-0.2, 0) is 15.8 Å². The number of para-hydroxylation sites is 2. The number of anilines is 2. The number of aromatic hydroxyl groups is 1. The summed E-state index contributed by atoms with van der Waals surface area (Å²) in [6.45, 7) is 2.02. The maximum absolute atomic E-state index is 12.9. The van der Waals surface area contributed by atoms with Crippen LogP contribution in [0.3, 0.4) is 0 Å². The van der Waals surface area contributed by atoms with Crippen LogP contribution in [0.2, 0.25) is 0 Å². The van der Waals surface area contributed by atoms with Crippen LogP contribution in [0.4, 0.5) is 24.5 Å². The molecule has 0 spiro atoms. The molecule has 164 valence electrons. The molecule has 10 heteroatoms. The van der Waals surface area contributed by atoms with Crippen LogP contribution in [0.25, 0.3) is 0 Å². The van der Waals surface area contributed by atoms with Crippen molar-refractivity contribution < 1.29 is 27.9 Å². The molecule has 2 aliphatic heterocycles. The van der Waals surface area contributed by atoms with E-state index in [9.17, 15) is 27.9 Å². The molecular formula is C21H20F3N3O3S. The van der Waals surface area contributed by atoms with E-state index in [2.05, 4.69) is 5.32 Å². The van der Waals surface area contributed by atoms with E-state index < -0.39 is 22.9 Å². The number of hydrogen-bond donors (Lipinski definition) is 2. The minimum absolute atomic E-state index is 0.0342. The van der Waals surface area contributed by atoms with Gasteiger partial charge in [-0.1, -0.05) is 12.1 Å². The number of carbonyl (C=O) groups excluding carboxylic acids is 2. The minimum Gasteiger partial charge on any atom is -0.506 e. The van der Waals surface area contributed by atoms with Crippen molar-refractivity contribution in [3.63, 3.8) is 0 Å². The first-order valence-electron chi connectivity index (χ1n) is 9.72. The van der Waals surface area contributed by atoms with Gasteiger partial charge in [-0.25, -0.2) is 0 Å². The van der Waals surface area contributed by atoms with Gasteiger partial charge in [-0.15, -0.1) is 11.8 Å². The molecule has 4 rings (SSSR count). The van der Waals surface area contributed by atoms with Crippen LogP contribution in [0.5, 0.6) is 5.75 Å². The van der Waals surface area contributed by atoms with Crippen LogP contribution in [0, 0.1) is 0 Å². The first kappa shape index (κ1) is 21.4. The molecule has 2 N–H and O–H groups in total. The summed E-state index contributed by atoms with van der Waals surface area (Å²) < 4.78 is 38.6. The van der Waals surface area contributed by atoms with Gasteiger partial charge in [0, 0.05) is 37.5 Å². The van der Waals surface area contributed by atoms with Crippen molar-refractivity contribution in [1.29, 1.82) is 0 Å². The molecule has 6 nitrogen and oxygen atoms in total. The topological polar surface area (TPSA) is 72.9 Å². The van der Waals surface area contributed by atoms with Crippen LogP contribution in [0.15, 0.2) is 47.4 Å². The highest BCUT2D eigenvalue weighted by molar-refractivity contribution is 8.01. The fourth-order valence-electron chi connectivity index (χ4n) is 3.68. The number of hydrogen-bond acceptors (Lipinski definition) is 5. The first-order valence-corrected chi connectivity index (χ1v) is 10.6. The van der Waals surface area contributed by atoms with Crippen molar-refractivity contribution in [2.45, 2.75) is 22.7 Å². The highest BCUT2D eigenvalue weighted by Crippen LogP contribution is 2.40. The Balaban J connectivity index is 1.36. The Morgan fingerprint density at radius 1 is 1.13 bits per heavy atom. The molecule has 1 saturated heterocycles. The molecule has 0 aliphatic carbocycles. The third-order valence-electron chi connectivity index (χ3n) is 5.34. The maximum Gasteiger partial charge on any atom is 0.416 e. The highest BCUT2D eigenvalue weighted by Gasteiger charge is 2.35. The smallest absolute Gasteiger partial charge is 0.416 e. The largest absolute Gasteiger partial charge is 0.506 e. The van der Waals surface area contributed by atoms with E-state index in [0.717, 1.165) is 23.9 Å². The first-order chi connectivity index (χ1) is 14.7. The van der Waals surface area contributed by atoms with E-state index in [1.54, 1.807) is 17.0 Å². The zero-order chi connectivity index (χ0) is 22.2. The fraction of sp³-hybridized carbons (Fsp3) is 0.333. The van der Waals surface area contributed by atoms with Crippen molar-refractivity contribution in [3.8, 4) is 5.75 Å². The standard InChI is InChI=1S/C21H20F3N3O3S/c22-21(23,24)13-5-6-17-14(11-13)25-20(30)18(31-17)12-19(29)27-9-7-26(8-10-27)15-3-1-2-4-16(15)28/h1-6,11,18,28H,7-10,12H2,(H,25,30)/t18-/m1/s1. The van der Waals surface area contributed by atoms with E-state index >= 15 is 0 Å². The second-order valence-corrected chi connectivity index (χ2v) is 8.61. The van der Waals surface area contributed by atoms with Crippen molar-refractivity contribution in [2.24, 2.45) is 0 Å². The van der Waals surface area contributed by atoms with Gasteiger partial charge in [0.25, 0.3) is 0 Å². The third kappa shape index (κ3) is 4.58. The second kappa shape index (κ2) is 8.33. The number of halogens is 3. The number of amides is 2. The van der Waals surface area contributed by atoms with Gasteiger partial charge in [0.1, 0.15) is 5.75 Å². The lowest BCUT2D eigenvalue weighted by Gasteiger charge is -2.37. The number of phenols is 1. The number of nitrogens with zero attached hydrogens (tertiary/aromatic N) is 2. The molecule has 1 atom stereocenters.